The van der Waals surface area contributed by atoms with Crippen LogP contribution in [0.4, 0.5) is 25.2 Å². The van der Waals surface area contributed by atoms with E-state index in [0.29, 0.717) is 53.0 Å². The van der Waals surface area contributed by atoms with E-state index >= 15 is 0 Å². The summed E-state index contributed by atoms with van der Waals surface area (Å²) in [6, 6.07) is 14.5. The fourth-order valence-electron chi connectivity index (χ4n) is 5.88. The Kier molecular flexibility index (Phi) is 8.69. The van der Waals surface area contributed by atoms with Gasteiger partial charge < -0.3 is 25.0 Å². The Labute approximate surface area is 271 Å². The number of anilines is 2. The number of nitrogens with zero attached hydrogens (tertiary/aromatic N) is 4. The van der Waals surface area contributed by atoms with Crippen LogP contribution in [-0.2, 0) is 9.53 Å². The summed E-state index contributed by atoms with van der Waals surface area (Å²) in [7, 11) is 0. The predicted octanol–water partition coefficient (Wildman–Crippen LogP) is 7.59. The zero-order chi connectivity index (χ0) is 33.3. The third-order valence-corrected chi connectivity index (χ3v) is 8.24. The predicted molar refractivity (Wildman–Crippen MR) is 175 cm³/mol. The second kappa shape index (κ2) is 12.7. The molecule has 0 radical (unpaired) electrons. The minimum absolute atomic E-state index is 0.0510. The molecule has 3 heterocycles. The summed E-state index contributed by atoms with van der Waals surface area (Å²) in [6.07, 6.45) is 3.75. The van der Waals surface area contributed by atoms with Crippen molar-refractivity contribution in [3.8, 4) is 22.9 Å². The van der Waals surface area contributed by atoms with Crippen LogP contribution in [0.25, 0.3) is 22.0 Å². The van der Waals surface area contributed by atoms with Crippen molar-refractivity contribution in [1.29, 1.82) is 0 Å². The number of aromatic nitrogens is 3. The molecule has 1 aliphatic heterocycles. The van der Waals surface area contributed by atoms with Gasteiger partial charge in [-0.1, -0.05) is 24.3 Å². The Morgan fingerprint density at radius 1 is 1.00 bits per heavy atom. The van der Waals surface area contributed by atoms with E-state index in [0.717, 1.165) is 23.8 Å². The topological polar surface area (TPSA) is 119 Å². The summed E-state index contributed by atoms with van der Waals surface area (Å²) < 4.78 is 38.8. The SMILES string of the molecule is Cc1ccc2c(NC(=O)C3CC(F)(F)C3)cccc2c1Oc1ncccc1-c1ccnc(N[C@H]2CCCN(C(=O)OC(C)(C)C)C2)n1. The normalized spacial score (nSPS) is 17.9. The van der Waals surface area contributed by atoms with Crippen molar-refractivity contribution in [2.75, 3.05) is 23.7 Å². The number of carbonyl (C=O) groups is 2. The molecule has 2 N–H and O–H groups in total. The van der Waals surface area contributed by atoms with Crippen LogP contribution in [0.5, 0.6) is 11.6 Å². The van der Waals surface area contributed by atoms with Crippen LogP contribution in [-0.4, -0.2) is 62.5 Å². The molecule has 1 atom stereocenters. The Morgan fingerprint density at radius 3 is 2.57 bits per heavy atom. The van der Waals surface area contributed by atoms with Gasteiger partial charge in [-0.15, -0.1) is 0 Å². The molecule has 2 aromatic heterocycles. The zero-order valence-corrected chi connectivity index (χ0v) is 26.8. The van der Waals surface area contributed by atoms with Gasteiger partial charge in [0.1, 0.15) is 11.4 Å². The maximum absolute atomic E-state index is 13.4. The molecule has 2 amide bonds. The molecule has 2 aromatic carbocycles. The van der Waals surface area contributed by atoms with Crippen LogP contribution in [0, 0.1) is 12.8 Å². The summed E-state index contributed by atoms with van der Waals surface area (Å²) >= 11 is 0. The van der Waals surface area contributed by atoms with E-state index in [1.165, 1.54) is 0 Å². The number of piperidine rings is 1. The lowest BCUT2D eigenvalue weighted by Gasteiger charge is -2.34. The largest absolute Gasteiger partial charge is 0.444 e. The first-order valence-corrected chi connectivity index (χ1v) is 15.8. The second-order valence-corrected chi connectivity index (χ2v) is 13.2. The van der Waals surface area contributed by atoms with Crippen molar-refractivity contribution in [2.45, 2.75) is 70.9 Å². The number of benzene rings is 2. The summed E-state index contributed by atoms with van der Waals surface area (Å²) in [4.78, 5) is 40.8. The quantitative estimate of drug-likeness (QED) is 0.211. The molecule has 47 heavy (non-hydrogen) atoms. The number of hydrogen-bond acceptors (Lipinski definition) is 8. The van der Waals surface area contributed by atoms with E-state index in [1.54, 1.807) is 41.6 Å². The van der Waals surface area contributed by atoms with E-state index < -0.39 is 36.2 Å². The number of carbonyl (C=O) groups excluding carboxylic acids is 2. The molecule has 0 unspecified atom stereocenters. The van der Waals surface area contributed by atoms with Crippen LogP contribution >= 0.6 is 0 Å². The maximum Gasteiger partial charge on any atom is 0.410 e. The summed E-state index contributed by atoms with van der Waals surface area (Å²) in [5.41, 5.74) is 2.03. The number of ether oxygens (including phenoxy) is 2. The lowest BCUT2D eigenvalue weighted by Crippen LogP contribution is -2.47. The van der Waals surface area contributed by atoms with Crippen molar-refractivity contribution >= 4 is 34.4 Å². The van der Waals surface area contributed by atoms with Crippen molar-refractivity contribution in [2.24, 2.45) is 5.92 Å². The van der Waals surface area contributed by atoms with Crippen LogP contribution in [0.2, 0.25) is 0 Å². The number of alkyl halides is 2. The summed E-state index contributed by atoms with van der Waals surface area (Å²) in [6.45, 7) is 8.57. The second-order valence-electron chi connectivity index (χ2n) is 13.2. The van der Waals surface area contributed by atoms with Gasteiger partial charge in [0.05, 0.1) is 11.3 Å². The van der Waals surface area contributed by atoms with Crippen LogP contribution < -0.4 is 15.4 Å². The van der Waals surface area contributed by atoms with Gasteiger partial charge in [0, 0.05) is 66.7 Å². The van der Waals surface area contributed by atoms with E-state index in [-0.39, 0.29) is 12.1 Å². The number of hydrogen-bond donors (Lipinski definition) is 2. The first-order valence-electron chi connectivity index (χ1n) is 15.8. The van der Waals surface area contributed by atoms with Crippen molar-refractivity contribution in [1.82, 2.24) is 19.9 Å². The van der Waals surface area contributed by atoms with Crippen molar-refractivity contribution in [3.63, 3.8) is 0 Å². The highest BCUT2D eigenvalue weighted by Crippen LogP contribution is 2.44. The lowest BCUT2D eigenvalue weighted by molar-refractivity contribution is -0.145. The number of amides is 2. The molecule has 12 heteroatoms. The van der Waals surface area contributed by atoms with Crippen molar-refractivity contribution < 1.29 is 27.8 Å². The first kappa shape index (κ1) is 32.1. The number of nitrogens with one attached hydrogen (secondary N) is 2. The smallest absolute Gasteiger partial charge is 0.410 e. The molecule has 10 nitrogen and oxygen atoms in total. The molecular weight excluding hydrogens is 606 g/mol. The minimum Gasteiger partial charge on any atom is -0.444 e. The van der Waals surface area contributed by atoms with Gasteiger partial charge in [-0.2, -0.15) is 0 Å². The van der Waals surface area contributed by atoms with Crippen LogP contribution in [0.15, 0.2) is 60.9 Å². The zero-order valence-electron chi connectivity index (χ0n) is 26.8. The van der Waals surface area contributed by atoms with Gasteiger partial charge in [-0.3, -0.25) is 4.79 Å². The van der Waals surface area contributed by atoms with Crippen molar-refractivity contribution in [3.05, 3.63) is 66.5 Å². The highest BCUT2D eigenvalue weighted by atomic mass is 19.3. The number of aryl methyl sites for hydroxylation is 1. The van der Waals surface area contributed by atoms with Gasteiger partial charge in [0.25, 0.3) is 0 Å². The molecule has 1 aliphatic carbocycles. The fraction of sp³-hybridized carbons (Fsp3) is 0.400. The van der Waals surface area contributed by atoms with E-state index in [9.17, 15) is 18.4 Å². The molecule has 6 rings (SSSR count). The highest BCUT2D eigenvalue weighted by Gasteiger charge is 2.48. The summed E-state index contributed by atoms with van der Waals surface area (Å²) in [5.74, 6) is -2.62. The average Bonchev–Trinajstić information content (AvgIpc) is 3.01. The minimum atomic E-state index is -2.78. The molecule has 1 saturated heterocycles. The third-order valence-electron chi connectivity index (χ3n) is 8.24. The monoisotopic (exact) mass is 644 g/mol. The maximum atomic E-state index is 13.4. The number of rotatable bonds is 7. The molecular formula is C35H38F2N6O4. The van der Waals surface area contributed by atoms with E-state index in [1.807, 2.05) is 52.0 Å². The average molecular weight is 645 g/mol. The standard InChI is InChI=1S/C35H38F2N6O4/c1-21-12-13-24-25(9-5-11-27(24)41-30(44)22-18-35(36,37)19-22)29(21)46-31-26(10-6-15-38-31)28-14-16-39-32(42-28)40-23-8-7-17-43(20-23)33(45)47-34(2,3)4/h5-6,9-16,22-23H,7-8,17-20H2,1-4H3,(H,41,44)(H,39,40,42)/t23-/m0/s1. The number of halogens is 2. The Balaban J connectivity index is 1.22. The van der Waals surface area contributed by atoms with Gasteiger partial charge in [-0.05, 0) is 70.4 Å². The Hall–Kier alpha value is -4.87. The molecule has 1 saturated carbocycles. The first-order chi connectivity index (χ1) is 22.3. The third kappa shape index (κ3) is 7.42. The van der Waals surface area contributed by atoms with Crippen LogP contribution in [0.3, 0.4) is 0 Å². The molecule has 4 aromatic rings. The van der Waals surface area contributed by atoms with E-state index in [2.05, 4.69) is 20.6 Å². The van der Waals surface area contributed by atoms with Gasteiger partial charge in [0.2, 0.25) is 23.7 Å². The van der Waals surface area contributed by atoms with Gasteiger partial charge >= 0.3 is 6.09 Å². The molecule has 0 spiro atoms. The fourth-order valence-corrected chi connectivity index (χ4v) is 5.88. The molecule has 0 bridgehead atoms. The highest BCUT2D eigenvalue weighted by molar-refractivity contribution is 6.05. The molecule has 2 aliphatic rings. The van der Waals surface area contributed by atoms with Gasteiger partial charge in [-0.25, -0.2) is 28.5 Å². The van der Waals surface area contributed by atoms with E-state index in [4.69, 9.17) is 14.5 Å². The van der Waals surface area contributed by atoms with Crippen LogP contribution in [0.1, 0.15) is 52.0 Å². The molecule has 2 fully saturated rings. The summed E-state index contributed by atoms with van der Waals surface area (Å²) in [5, 5.41) is 7.66. The Morgan fingerprint density at radius 2 is 1.81 bits per heavy atom. The van der Waals surface area contributed by atoms with Gasteiger partial charge in [0.15, 0.2) is 0 Å². The number of likely N-dealkylation sites (tertiary alicyclic amines) is 1. The number of fused-ring (bicyclic) bond motifs is 1. The Bertz CT molecular complexity index is 1800. The number of pyridine rings is 1. The lowest BCUT2D eigenvalue weighted by atomic mass is 9.80. The molecule has 246 valence electrons.